The second-order valence-electron chi connectivity index (χ2n) is 2.03. The molecule has 0 spiro atoms. The van der Waals surface area contributed by atoms with Gasteiger partial charge in [-0.3, -0.25) is 5.41 Å². The quantitative estimate of drug-likeness (QED) is 0.526. The van der Waals surface area contributed by atoms with E-state index >= 15 is 0 Å². The molecule has 0 aromatic carbocycles. The summed E-state index contributed by atoms with van der Waals surface area (Å²) >= 11 is 0. The van der Waals surface area contributed by atoms with Crippen molar-refractivity contribution in [2.24, 2.45) is 0 Å². The number of anilines is 1. The Morgan fingerprint density at radius 2 is 2.55 bits per heavy atom. The molecular weight excluding hydrogens is 144 g/mol. The van der Waals surface area contributed by atoms with E-state index in [0.717, 1.165) is 6.54 Å². The summed E-state index contributed by atoms with van der Waals surface area (Å²) in [5.74, 6) is 0.561. The molecule has 0 amide bonds. The second-order valence-corrected chi connectivity index (χ2v) is 2.03. The molecule has 1 aromatic heterocycles. The Bertz CT molecular complexity index is 293. The summed E-state index contributed by atoms with van der Waals surface area (Å²) in [6.45, 7) is 2.67. The van der Waals surface area contributed by atoms with Crippen molar-refractivity contribution < 1.29 is 5.21 Å². The fourth-order valence-corrected chi connectivity index (χ4v) is 0.681. The first kappa shape index (κ1) is 7.59. The molecule has 0 aliphatic rings. The Morgan fingerprint density at radius 1 is 1.82 bits per heavy atom. The minimum Gasteiger partial charge on any atom is -0.427 e. The molecule has 60 valence electrons. The second kappa shape index (κ2) is 3.05. The van der Waals surface area contributed by atoms with Crippen LogP contribution < -0.4 is 10.8 Å². The van der Waals surface area contributed by atoms with Crippen molar-refractivity contribution in [3.05, 3.63) is 17.9 Å². The molecule has 1 heterocycles. The fraction of sp³-hybridized carbons (Fsp3) is 0.333. The van der Waals surface area contributed by atoms with E-state index in [1.54, 1.807) is 0 Å². The zero-order valence-corrected chi connectivity index (χ0v) is 6.20. The van der Waals surface area contributed by atoms with Gasteiger partial charge in [0.15, 0.2) is 5.49 Å². The lowest BCUT2D eigenvalue weighted by molar-refractivity contribution is 0.170. The molecule has 0 bridgehead atoms. The molecule has 0 aliphatic heterocycles. The fourth-order valence-electron chi connectivity index (χ4n) is 0.681. The van der Waals surface area contributed by atoms with Gasteiger partial charge in [-0.15, -0.1) is 0 Å². The zero-order chi connectivity index (χ0) is 8.27. The van der Waals surface area contributed by atoms with E-state index in [9.17, 15) is 0 Å². The minimum absolute atomic E-state index is 0.0355. The molecular formula is C6H10N4O. The molecule has 0 saturated carbocycles. The highest BCUT2D eigenvalue weighted by Gasteiger charge is 1.92. The van der Waals surface area contributed by atoms with Crippen molar-refractivity contribution in [1.82, 2.24) is 9.71 Å². The number of nitrogens with zero attached hydrogens (tertiary/aromatic N) is 2. The maximum absolute atomic E-state index is 8.98. The van der Waals surface area contributed by atoms with Crippen LogP contribution in [0.4, 0.5) is 5.82 Å². The van der Waals surface area contributed by atoms with Crippen LogP contribution in [-0.2, 0) is 0 Å². The normalized spacial score (nSPS) is 9.55. The van der Waals surface area contributed by atoms with Crippen molar-refractivity contribution in [2.75, 3.05) is 11.9 Å². The van der Waals surface area contributed by atoms with E-state index in [1.807, 2.05) is 6.92 Å². The van der Waals surface area contributed by atoms with Gasteiger partial charge in [-0.05, 0) is 6.92 Å². The minimum atomic E-state index is -0.0355. The van der Waals surface area contributed by atoms with Crippen molar-refractivity contribution in [3.8, 4) is 0 Å². The van der Waals surface area contributed by atoms with Crippen molar-refractivity contribution in [1.29, 1.82) is 5.41 Å². The van der Waals surface area contributed by atoms with Crippen LogP contribution in [0.15, 0.2) is 12.4 Å². The molecule has 0 unspecified atom stereocenters. The van der Waals surface area contributed by atoms with Crippen LogP contribution in [0.5, 0.6) is 0 Å². The van der Waals surface area contributed by atoms with Gasteiger partial charge >= 0.3 is 0 Å². The molecule has 1 rings (SSSR count). The van der Waals surface area contributed by atoms with Crippen molar-refractivity contribution in [3.63, 3.8) is 0 Å². The van der Waals surface area contributed by atoms with Crippen LogP contribution in [0.25, 0.3) is 0 Å². The predicted octanol–water partition coefficient (Wildman–Crippen LogP) is 0.0317. The Labute approximate surface area is 63.8 Å². The number of hydrogen-bond donors (Lipinski definition) is 3. The molecule has 0 atom stereocenters. The Hall–Kier alpha value is -1.52. The first-order chi connectivity index (χ1) is 5.24. The SMILES string of the molecule is CCNc1cn(O)c(=N)cn1. The smallest absolute Gasteiger partial charge is 0.179 e. The highest BCUT2D eigenvalue weighted by Crippen LogP contribution is 1.94. The van der Waals surface area contributed by atoms with Gasteiger partial charge in [-0.1, -0.05) is 0 Å². The van der Waals surface area contributed by atoms with Gasteiger partial charge in [0.05, 0.1) is 12.4 Å². The first-order valence-corrected chi connectivity index (χ1v) is 3.30. The molecule has 11 heavy (non-hydrogen) atoms. The third-order valence-electron chi connectivity index (χ3n) is 1.18. The molecule has 5 nitrogen and oxygen atoms in total. The molecule has 1 aromatic rings. The first-order valence-electron chi connectivity index (χ1n) is 3.30. The number of hydrogen-bond acceptors (Lipinski definition) is 4. The third kappa shape index (κ3) is 1.70. The standard InChI is InChI=1S/C6H10N4O/c1-2-8-6-4-10(11)5(7)3-9-6/h3-4,7-8,11H,2H2,1H3. The Morgan fingerprint density at radius 3 is 3.09 bits per heavy atom. The summed E-state index contributed by atoms with van der Waals surface area (Å²) < 4.78 is 0.713. The lowest BCUT2D eigenvalue weighted by Crippen LogP contribution is -2.18. The highest BCUT2D eigenvalue weighted by atomic mass is 16.5. The number of aromatic nitrogens is 2. The van der Waals surface area contributed by atoms with E-state index in [1.165, 1.54) is 12.4 Å². The number of nitrogens with one attached hydrogen (secondary N) is 2. The lowest BCUT2D eigenvalue weighted by atomic mass is 10.6. The van der Waals surface area contributed by atoms with Crippen LogP contribution in [0.1, 0.15) is 6.92 Å². The predicted molar refractivity (Wildman–Crippen MR) is 39.4 cm³/mol. The topological polar surface area (TPSA) is 73.9 Å². The van der Waals surface area contributed by atoms with Crippen molar-refractivity contribution in [2.45, 2.75) is 6.92 Å². The molecule has 0 aliphatic carbocycles. The van der Waals surface area contributed by atoms with Gasteiger partial charge in [-0.2, -0.15) is 4.73 Å². The van der Waals surface area contributed by atoms with Crippen LogP contribution in [0.3, 0.4) is 0 Å². The van der Waals surface area contributed by atoms with Crippen LogP contribution in [0.2, 0.25) is 0 Å². The van der Waals surface area contributed by atoms with Crippen molar-refractivity contribution >= 4 is 5.82 Å². The largest absolute Gasteiger partial charge is 0.427 e. The monoisotopic (exact) mass is 154 g/mol. The van der Waals surface area contributed by atoms with Gasteiger partial charge in [-0.25, -0.2) is 4.98 Å². The van der Waals surface area contributed by atoms with Crippen LogP contribution in [-0.4, -0.2) is 21.5 Å². The van der Waals surface area contributed by atoms with Gasteiger partial charge in [0.2, 0.25) is 0 Å². The summed E-state index contributed by atoms with van der Waals surface area (Å²) in [6, 6.07) is 0. The molecule has 0 fully saturated rings. The van der Waals surface area contributed by atoms with E-state index < -0.39 is 0 Å². The summed E-state index contributed by atoms with van der Waals surface area (Å²) in [6.07, 6.45) is 2.63. The van der Waals surface area contributed by atoms with Gasteiger partial charge < -0.3 is 10.5 Å². The average molecular weight is 154 g/mol. The van der Waals surface area contributed by atoms with Crippen LogP contribution >= 0.6 is 0 Å². The zero-order valence-electron chi connectivity index (χ0n) is 6.20. The van der Waals surface area contributed by atoms with E-state index in [-0.39, 0.29) is 5.49 Å². The lowest BCUT2D eigenvalue weighted by Gasteiger charge is -2.02. The average Bonchev–Trinajstić information content (AvgIpc) is 1.98. The summed E-state index contributed by atoms with van der Waals surface area (Å²) in [5, 5.41) is 18.9. The van der Waals surface area contributed by atoms with Gasteiger partial charge in [0.25, 0.3) is 0 Å². The highest BCUT2D eigenvalue weighted by molar-refractivity contribution is 5.29. The van der Waals surface area contributed by atoms with Gasteiger partial charge in [0.1, 0.15) is 5.82 Å². The Kier molecular flexibility index (Phi) is 2.10. The summed E-state index contributed by atoms with van der Waals surface area (Å²) in [5.41, 5.74) is -0.0355. The summed E-state index contributed by atoms with van der Waals surface area (Å²) in [7, 11) is 0. The number of rotatable bonds is 2. The van der Waals surface area contributed by atoms with E-state index in [2.05, 4.69) is 10.3 Å². The molecule has 3 N–H and O–H groups in total. The van der Waals surface area contributed by atoms with E-state index in [0.29, 0.717) is 10.5 Å². The Balaban J connectivity index is 2.96. The summed E-state index contributed by atoms with van der Waals surface area (Å²) in [4.78, 5) is 3.85. The van der Waals surface area contributed by atoms with Crippen LogP contribution in [0, 0.1) is 5.41 Å². The molecule has 0 saturated heterocycles. The van der Waals surface area contributed by atoms with Gasteiger partial charge in [0, 0.05) is 6.54 Å². The van der Waals surface area contributed by atoms with E-state index in [4.69, 9.17) is 10.6 Å². The maximum Gasteiger partial charge on any atom is 0.179 e. The maximum atomic E-state index is 8.98. The molecule has 5 heteroatoms. The third-order valence-corrected chi connectivity index (χ3v) is 1.18. The molecule has 0 radical (unpaired) electrons.